The Kier molecular flexibility index (Phi) is 9.62. The summed E-state index contributed by atoms with van der Waals surface area (Å²) in [6, 6.07) is 11.0. The molecule has 10 nitrogen and oxygen atoms in total. The molecule has 1 aliphatic rings. The van der Waals surface area contributed by atoms with Crippen LogP contribution in [0.4, 0.5) is 5.69 Å². The van der Waals surface area contributed by atoms with E-state index in [0.717, 1.165) is 29.0 Å². The summed E-state index contributed by atoms with van der Waals surface area (Å²) in [5, 5.41) is 2.86. The number of anilines is 1. The Labute approximate surface area is 218 Å². The Morgan fingerprint density at radius 3 is 2.51 bits per heavy atom. The monoisotopic (exact) mass is 533 g/mol. The zero-order valence-corrected chi connectivity index (χ0v) is 22.5. The number of nitrogens with zero attached hydrogens (tertiary/aromatic N) is 2. The molecule has 1 atom stereocenters. The van der Waals surface area contributed by atoms with Crippen molar-refractivity contribution < 1.29 is 32.2 Å². The highest BCUT2D eigenvalue weighted by Gasteiger charge is 2.30. The van der Waals surface area contributed by atoms with E-state index >= 15 is 0 Å². The van der Waals surface area contributed by atoms with E-state index in [-0.39, 0.29) is 18.1 Å². The van der Waals surface area contributed by atoms with Gasteiger partial charge in [-0.15, -0.1) is 0 Å². The second kappa shape index (κ2) is 12.7. The van der Waals surface area contributed by atoms with Crippen LogP contribution in [0.5, 0.6) is 17.2 Å². The zero-order chi connectivity index (χ0) is 27.0. The number of unbranched alkanes of at least 4 members (excludes halogenated alkanes) is 1. The van der Waals surface area contributed by atoms with Gasteiger partial charge in [0.25, 0.3) is 0 Å². The van der Waals surface area contributed by atoms with E-state index in [4.69, 9.17) is 14.2 Å². The van der Waals surface area contributed by atoms with Gasteiger partial charge < -0.3 is 24.4 Å². The van der Waals surface area contributed by atoms with Gasteiger partial charge in [0.1, 0.15) is 31.5 Å². The van der Waals surface area contributed by atoms with Crippen molar-refractivity contribution in [3.63, 3.8) is 0 Å². The summed E-state index contributed by atoms with van der Waals surface area (Å²) in [5.74, 6) is 0.684. The minimum absolute atomic E-state index is 0.0944. The second-order valence-electron chi connectivity index (χ2n) is 8.79. The summed E-state index contributed by atoms with van der Waals surface area (Å²) < 4.78 is 42.9. The summed E-state index contributed by atoms with van der Waals surface area (Å²) in [7, 11) is -2.31. The first kappa shape index (κ1) is 28.1. The number of rotatable bonds is 12. The fourth-order valence-corrected chi connectivity index (χ4v) is 4.73. The van der Waals surface area contributed by atoms with Crippen molar-refractivity contribution in [3.8, 4) is 17.2 Å². The van der Waals surface area contributed by atoms with Crippen LogP contribution < -0.4 is 23.8 Å². The summed E-state index contributed by atoms with van der Waals surface area (Å²) >= 11 is 0. The molecule has 1 aliphatic heterocycles. The van der Waals surface area contributed by atoms with Gasteiger partial charge in [-0.05, 0) is 43.2 Å². The molecule has 37 heavy (non-hydrogen) atoms. The normalized spacial score (nSPS) is 13.4. The highest BCUT2D eigenvalue weighted by atomic mass is 32.2. The lowest BCUT2D eigenvalue weighted by molar-refractivity contribution is -0.139. The first-order valence-corrected chi connectivity index (χ1v) is 14.1. The van der Waals surface area contributed by atoms with E-state index in [0.29, 0.717) is 37.0 Å². The van der Waals surface area contributed by atoms with Crippen LogP contribution in [0.25, 0.3) is 0 Å². The molecular weight excluding hydrogens is 498 g/mol. The van der Waals surface area contributed by atoms with Gasteiger partial charge in [0.05, 0.1) is 19.1 Å². The highest BCUT2D eigenvalue weighted by Crippen LogP contribution is 2.34. The van der Waals surface area contributed by atoms with Crippen molar-refractivity contribution in [2.45, 2.75) is 39.3 Å². The minimum atomic E-state index is -3.85. The predicted octanol–water partition coefficient (Wildman–Crippen LogP) is 2.57. The summed E-state index contributed by atoms with van der Waals surface area (Å²) in [6.07, 6.45) is 2.76. The summed E-state index contributed by atoms with van der Waals surface area (Å²) in [4.78, 5) is 27.9. The number of hydrogen-bond donors (Lipinski definition) is 1. The van der Waals surface area contributed by atoms with E-state index < -0.39 is 28.5 Å². The largest absolute Gasteiger partial charge is 0.497 e. The van der Waals surface area contributed by atoms with Gasteiger partial charge in [-0.25, -0.2) is 8.42 Å². The lowest BCUT2D eigenvalue weighted by Crippen LogP contribution is -2.51. The molecule has 0 bridgehead atoms. The molecule has 2 amide bonds. The van der Waals surface area contributed by atoms with Crippen LogP contribution in [-0.4, -0.2) is 70.8 Å². The number of nitrogens with one attached hydrogen (secondary N) is 1. The van der Waals surface area contributed by atoms with Gasteiger partial charge >= 0.3 is 0 Å². The number of hydrogen-bond acceptors (Lipinski definition) is 7. The zero-order valence-electron chi connectivity index (χ0n) is 21.7. The molecule has 2 aromatic rings. The number of methoxy groups -OCH3 is 1. The third kappa shape index (κ3) is 7.51. The van der Waals surface area contributed by atoms with E-state index in [1.54, 1.807) is 44.4 Å². The molecule has 2 aromatic carbocycles. The minimum Gasteiger partial charge on any atom is -0.497 e. The quantitative estimate of drug-likeness (QED) is 0.417. The maximum atomic E-state index is 13.6. The van der Waals surface area contributed by atoms with E-state index in [1.165, 1.54) is 11.0 Å². The Bertz CT molecular complexity index is 1200. The van der Waals surface area contributed by atoms with Gasteiger partial charge in [0.15, 0.2) is 11.5 Å². The van der Waals surface area contributed by atoms with Crippen LogP contribution >= 0.6 is 0 Å². The predicted molar refractivity (Wildman–Crippen MR) is 141 cm³/mol. The molecule has 1 N–H and O–H groups in total. The van der Waals surface area contributed by atoms with Gasteiger partial charge in [0, 0.05) is 19.2 Å². The number of carbonyl (C=O) groups is 2. The molecule has 0 spiro atoms. The highest BCUT2D eigenvalue weighted by molar-refractivity contribution is 7.92. The van der Waals surface area contributed by atoms with Crippen molar-refractivity contribution >= 4 is 27.5 Å². The van der Waals surface area contributed by atoms with Gasteiger partial charge in [-0.3, -0.25) is 13.9 Å². The van der Waals surface area contributed by atoms with Crippen LogP contribution in [0.1, 0.15) is 32.3 Å². The Morgan fingerprint density at radius 1 is 1.11 bits per heavy atom. The van der Waals surface area contributed by atoms with E-state index in [9.17, 15) is 18.0 Å². The average Bonchev–Trinajstić information content (AvgIpc) is 2.89. The van der Waals surface area contributed by atoms with Crippen LogP contribution in [-0.2, 0) is 26.2 Å². The molecular formula is C26H35N3O7S. The van der Waals surface area contributed by atoms with Crippen molar-refractivity contribution in [1.29, 1.82) is 0 Å². The average molecular weight is 534 g/mol. The van der Waals surface area contributed by atoms with E-state index in [2.05, 4.69) is 5.32 Å². The molecule has 3 rings (SSSR count). The SMILES string of the molecule is CCCCNC(=O)[C@H](C)N(Cc1cccc(OC)c1)C(=O)CN(c1ccc2c(c1)OCCO2)S(C)(=O)=O. The van der Waals surface area contributed by atoms with Crippen molar-refractivity contribution in [2.75, 3.05) is 44.0 Å². The van der Waals surface area contributed by atoms with Crippen molar-refractivity contribution in [2.24, 2.45) is 0 Å². The standard InChI is InChI=1S/C26H35N3O7S/c1-5-6-12-27-26(31)19(2)28(17-20-8-7-9-22(15-20)34-3)25(30)18-29(37(4,32)33)21-10-11-23-24(16-21)36-14-13-35-23/h7-11,15-16,19H,5-6,12-14,17-18H2,1-4H3,(H,27,31)/t19-/m0/s1. The van der Waals surface area contributed by atoms with Crippen molar-refractivity contribution in [3.05, 3.63) is 48.0 Å². The molecule has 0 radical (unpaired) electrons. The Balaban J connectivity index is 1.90. The fourth-order valence-electron chi connectivity index (χ4n) is 3.89. The molecule has 0 saturated carbocycles. The number of carbonyl (C=O) groups excluding carboxylic acids is 2. The van der Waals surface area contributed by atoms with Gasteiger partial charge in [-0.1, -0.05) is 25.5 Å². The topological polar surface area (TPSA) is 114 Å². The third-order valence-corrected chi connectivity index (χ3v) is 7.12. The lowest BCUT2D eigenvalue weighted by atomic mass is 10.1. The maximum Gasteiger partial charge on any atom is 0.244 e. The van der Waals surface area contributed by atoms with Crippen LogP contribution in [0, 0.1) is 0 Å². The third-order valence-electron chi connectivity index (χ3n) is 5.98. The molecule has 202 valence electrons. The summed E-state index contributed by atoms with van der Waals surface area (Å²) in [6.45, 7) is 4.49. The van der Waals surface area contributed by atoms with Gasteiger partial charge in [0.2, 0.25) is 21.8 Å². The first-order valence-electron chi connectivity index (χ1n) is 12.2. The maximum absolute atomic E-state index is 13.6. The van der Waals surface area contributed by atoms with Crippen LogP contribution in [0.3, 0.4) is 0 Å². The number of amides is 2. The Morgan fingerprint density at radius 2 is 1.84 bits per heavy atom. The number of ether oxygens (including phenoxy) is 3. The molecule has 11 heteroatoms. The number of sulfonamides is 1. The molecule has 0 aliphatic carbocycles. The van der Waals surface area contributed by atoms with Crippen molar-refractivity contribution in [1.82, 2.24) is 10.2 Å². The molecule has 0 aromatic heterocycles. The second-order valence-corrected chi connectivity index (χ2v) is 10.7. The molecule has 1 heterocycles. The molecule has 0 fully saturated rings. The number of benzene rings is 2. The fraction of sp³-hybridized carbons (Fsp3) is 0.462. The molecule has 0 saturated heterocycles. The summed E-state index contributed by atoms with van der Waals surface area (Å²) in [5.41, 5.74) is 1.01. The van der Waals surface area contributed by atoms with Crippen LogP contribution in [0.2, 0.25) is 0 Å². The van der Waals surface area contributed by atoms with E-state index in [1.807, 2.05) is 13.0 Å². The van der Waals surface area contributed by atoms with Crippen LogP contribution in [0.15, 0.2) is 42.5 Å². The smallest absolute Gasteiger partial charge is 0.244 e. The first-order chi connectivity index (χ1) is 17.6. The lowest BCUT2D eigenvalue weighted by Gasteiger charge is -2.32. The number of fused-ring (bicyclic) bond motifs is 1. The Hall–Kier alpha value is -3.47. The molecule has 0 unspecified atom stereocenters. The van der Waals surface area contributed by atoms with Gasteiger partial charge in [-0.2, -0.15) is 0 Å².